The van der Waals surface area contributed by atoms with Crippen LogP contribution in [-0.4, -0.2) is 5.11 Å². The van der Waals surface area contributed by atoms with Crippen LogP contribution in [0.2, 0.25) is 0 Å². The maximum Gasteiger partial charge on any atom is 0.126 e. The number of phenols is 1. The van der Waals surface area contributed by atoms with Gasteiger partial charge in [-0.05, 0) is 54.8 Å². The van der Waals surface area contributed by atoms with Crippen LogP contribution in [0.3, 0.4) is 0 Å². The lowest BCUT2D eigenvalue weighted by atomic mass is 9.92. The fraction of sp³-hybridized carbons (Fsp3) is 0.294. The van der Waals surface area contributed by atoms with Gasteiger partial charge in [-0.15, -0.1) is 0 Å². The smallest absolute Gasteiger partial charge is 0.126 e. The molecule has 2 atom stereocenters. The number of halogens is 1. The third kappa shape index (κ3) is 2.65. The Kier molecular flexibility index (Phi) is 3.68. The summed E-state index contributed by atoms with van der Waals surface area (Å²) in [7, 11) is 0. The number of aromatic hydroxyl groups is 1. The van der Waals surface area contributed by atoms with E-state index < -0.39 is 0 Å². The van der Waals surface area contributed by atoms with E-state index in [1.54, 1.807) is 0 Å². The Labute approximate surface area is 132 Å². The number of fused-ring (bicyclic) bond motifs is 1. The van der Waals surface area contributed by atoms with Crippen LogP contribution in [0.25, 0.3) is 0 Å². The number of nitrogens with two attached hydrogens (primary N) is 1. The normalized spacial score (nSPS) is 20.8. The first-order valence-corrected chi connectivity index (χ1v) is 7.77. The van der Waals surface area contributed by atoms with Crippen LogP contribution in [0.15, 0.2) is 34.8 Å². The maximum atomic E-state index is 9.90. The third-order valence-electron chi connectivity index (χ3n) is 4.00. The molecule has 0 bridgehead atoms. The van der Waals surface area contributed by atoms with Crippen LogP contribution in [0.4, 0.5) is 0 Å². The van der Waals surface area contributed by atoms with Crippen molar-refractivity contribution in [2.45, 2.75) is 32.4 Å². The Morgan fingerprint density at radius 2 is 1.86 bits per heavy atom. The Morgan fingerprint density at radius 1 is 1.19 bits per heavy atom. The van der Waals surface area contributed by atoms with E-state index in [1.165, 1.54) is 0 Å². The van der Waals surface area contributed by atoms with E-state index in [-0.39, 0.29) is 12.1 Å². The average Bonchev–Trinajstić information content (AvgIpc) is 2.43. The zero-order valence-corrected chi connectivity index (χ0v) is 13.6. The van der Waals surface area contributed by atoms with E-state index in [1.807, 2.05) is 44.2 Å². The molecule has 0 saturated heterocycles. The van der Waals surface area contributed by atoms with E-state index in [4.69, 9.17) is 10.5 Å². The van der Waals surface area contributed by atoms with Crippen molar-refractivity contribution in [1.82, 2.24) is 0 Å². The number of ether oxygens (including phenoxy) is 1. The molecular weight excluding hydrogens is 330 g/mol. The Balaban J connectivity index is 1.99. The second-order valence-corrected chi connectivity index (χ2v) is 6.55. The molecule has 0 aromatic heterocycles. The minimum Gasteiger partial charge on any atom is -0.507 e. The predicted octanol–water partition coefficient (Wildman–Crippen LogP) is 4.30. The molecule has 0 fully saturated rings. The first-order valence-electron chi connectivity index (χ1n) is 6.97. The molecule has 1 aliphatic heterocycles. The first kappa shape index (κ1) is 14.4. The van der Waals surface area contributed by atoms with E-state index in [0.717, 1.165) is 38.9 Å². The van der Waals surface area contributed by atoms with Gasteiger partial charge in [0.05, 0.1) is 0 Å². The molecule has 0 aliphatic carbocycles. The summed E-state index contributed by atoms with van der Waals surface area (Å²) in [5.74, 6) is 1.18. The molecule has 21 heavy (non-hydrogen) atoms. The van der Waals surface area contributed by atoms with Gasteiger partial charge in [0, 0.05) is 22.5 Å². The van der Waals surface area contributed by atoms with E-state index in [0.29, 0.717) is 5.75 Å². The van der Waals surface area contributed by atoms with Crippen LogP contribution in [0.1, 0.15) is 40.8 Å². The summed E-state index contributed by atoms with van der Waals surface area (Å²) in [5.41, 5.74) is 10.1. The van der Waals surface area contributed by atoms with Gasteiger partial charge in [0.15, 0.2) is 0 Å². The largest absolute Gasteiger partial charge is 0.507 e. The second-order valence-electron chi connectivity index (χ2n) is 5.63. The fourth-order valence-corrected chi connectivity index (χ4v) is 3.20. The Bertz CT molecular complexity index is 676. The molecule has 2 aromatic carbocycles. The lowest BCUT2D eigenvalue weighted by molar-refractivity contribution is 0.161. The van der Waals surface area contributed by atoms with Gasteiger partial charge >= 0.3 is 0 Å². The van der Waals surface area contributed by atoms with Crippen molar-refractivity contribution in [3.63, 3.8) is 0 Å². The molecule has 110 valence electrons. The van der Waals surface area contributed by atoms with Crippen molar-refractivity contribution < 1.29 is 9.84 Å². The number of rotatable bonds is 1. The molecule has 0 radical (unpaired) electrons. The summed E-state index contributed by atoms with van der Waals surface area (Å²) in [6.07, 6.45) is 0.651. The van der Waals surface area contributed by atoms with Crippen molar-refractivity contribution in [2.75, 3.05) is 0 Å². The van der Waals surface area contributed by atoms with Crippen molar-refractivity contribution in [3.8, 4) is 11.5 Å². The summed E-state index contributed by atoms with van der Waals surface area (Å²) in [6.45, 7) is 3.80. The molecule has 3 N–H and O–H groups in total. The standard InChI is InChI=1S/C17H18BrNO2/c1-9-5-11(6-10(2)17(9)20)15-8-14(19)13-4-3-12(18)7-16(13)21-15/h3-7,14-15,20H,8,19H2,1-2H3/t14-,15?/m0/s1. The fourth-order valence-electron chi connectivity index (χ4n) is 2.85. The monoisotopic (exact) mass is 347 g/mol. The minimum atomic E-state index is -0.0835. The maximum absolute atomic E-state index is 9.90. The second kappa shape index (κ2) is 5.35. The first-order chi connectivity index (χ1) is 9.95. The van der Waals surface area contributed by atoms with E-state index in [9.17, 15) is 5.11 Å². The molecule has 3 rings (SSSR count). The zero-order valence-electron chi connectivity index (χ0n) is 12.1. The van der Waals surface area contributed by atoms with Gasteiger partial charge in [-0.25, -0.2) is 0 Å². The van der Waals surface area contributed by atoms with Crippen LogP contribution in [0, 0.1) is 13.8 Å². The molecular formula is C17H18BrNO2. The molecule has 1 unspecified atom stereocenters. The summed E-state index contributed by atoms with van der Waals surface area (Å²) < 4.78 is 7.11. The highest BCUT2D eigenvalue weighted by Crippen LogP contribution is 2.41. The van der Waals surface area contributed by atoms with Crippen LogP contribution in [0.5, 0.6) is 11.5 Å². The number of hydrogen-bond donors (Lipinski definition) is 2. The topological polar surface area (TPSA) is 55.5 Å². The molecule has 0 saturated carbocycles. The molecule has 0 amide bonds. The van der Waals surface area contributed by atoms with Gasteiger partial charge in [-0.1, -0.05) is 22.0 Å². The Hall–Kier alpha value is -1.52. The average molecular weight is 348 g/mol. The van der Waals surface area contributed by atoms with Gasteiger partial charge in [0.1, 0.15) is 17.6 Å². The van der Waals surface area contributed by atoms with Gasteiger partial charge < -0.3 is 15.6 Å². The van der Waals surface area contributed by atoms with Crippen molar-refractivity contribution in [1.29, 1.82) is 0 Å². The van der Waals surface area contributed by atoms with Crippen molar-refractivity contribution in [2.24, 2.45) is 5.73 Å². The predicted molar refractivity (Wildman–Crippen MR) is 86.6 cm³/mol. The Morgan fingerprint density at radius 3 is 2.52 bits per heavy atom. The van der Waals surface area contributed by atoms with Gasteiger partial charge in [-0.3, -0.25) is 0 Å². The summed E-state index contributed by atoms with van der Waals surface area (Å²) in [6, 6.07) is 9.86. The molecule has 1 aliphatic rings. The SMILES string of the molecule is Cc1cc(C2C[C@H](N)c3ccc(Br)cc3O2)cc(C)c1O. The quantitative estimate of drug-likeness (QED) is 0.808. The molecule has 1 heterocycles. The third-order valence-corrected chi connectivity index (χ3v) is 4.49. The lowest BCUT2D eigenvalue weighted by Gasteiger charge is -2.31. The number of benzene rings is 2. The molecule has 3 nitrogen and oxygen atoms in total. The summed E-state index contributed by atoms with van der Waals surface area (Å²) in [5, 5.41) is 9.90. The van der Waals surface area contributed by atoms with Crippen LogP contribution >= 0.6 is 15.9 Å². The highest BCUT2D eigenvalue weighted by molar-refractivity contribution is 9.10. The summed E-state index contributed by atoms with van der Waals surface area (Å²) >= 11 is 3.47. The highest BCUT2D eigenvalue weighted by atomic mass is 79.9. The molecule has 2 aromatic rings. The lowest BCUT2D eigenvalue weighted by Crippen LogP contribution is -2.24. The van der Waals surface area contributed by atoms with Crippen LogP contribution < -0.4 is 10.5 Å². The van der Waals surface area contributed by atoms with Gasteiger partial charge in [0.25, 0.3) is 0 Å². The van der Waals surface area contributed by atoms with Gasteiger partial charge in [-0.2, -0.15) is 0 Å². The number of hydrogen-bond acceptors (Lipinski definition) is 3. The van der Waals surface area contributed by atoms with Crippen LogP contribution in [-0.2, 0) is 0 Å². The molecule has 4 heteroatoms. The van der Waals surface area contributed by atoms with E-state index >= 15 is 0 Å². The van der Waals surface area contributed by atoms with Crippen molar-refractivity contribution >= 4 is 15.9 Å². The van der Waals surface area contributed by atoms with E-state index in [2.05, 4.69) is 15.9 Å². The summed E-state index contributed by atoms with van der Waals surface area (Å²) in [4.78, 5) is 0. The zero-order chi connectivity index (χ0) is 15.1. The number of phenolic OH excluding ortho intramolecular Hbond substituents is 1. The highest BCUT2D eigenvalue weighted by Gasteiger charge is 2.27. The van der Waals surface area contributed by atoms with Gasteiger partial charge in [0.2, 0.25) is 0 Å². The minimum absolute atomic E-state index is 0.0405. The number of aryl methyl sites for hydroxylation is 2. The molecule has 0 spiro atoms. The van der Waals surface area contributed by atoms with Crippen molar-refractivity contribution in [3.05, 3.63) is 57.1 Å².